The van der Waals surface area contributed by atoms with Crippen LogP contribution in [-0.4, -0.2) is 49.8 Å². The molecule has 0 radical (unpaired) electrons. The molecule has 0 amide bonds. The summed E-state index contributed by atoms with van der Waals surface area (Å²) in [6.07, 6.45) is 5.28. The Hall–Kier alpha value is -0.120. The molecule has 1 saturated heterocycles. The monoisotopic (exact) mass is 240 g/mol. The smallest absolute Gasteiger partial charge is 0.0480 e. The minimum Gasteiger partial charge on any atom is -0.381 e. The highest BCUT2D eigenvalue weighted by Crippen LogP contribution is 2.30. The van der Waals surface area contributed by atoms with Crippen LogP contribution in [0, 0.1) is 5.92 Å². The molecular weight excluding hydrogens is 212 g/mol. The van der Waals surface area contributed by atoms with Gasteiger partial charge < -0.3 is 10.1 Å². The second kappa shape index (κ2) is 6.72. The fourth-order valence-corrected chi connectivity index (χ4v) is 2.51. The molecule has 1 N–H and O–H groups in total. The standard InChI is InChI=1S/C14H28N2O/c1-12(2)16(11-13-3-4-13)8-7-15-14-5-9-17-10-6-14/h12-15H,3-11H2,1-2H3. The molecule has 3 nitrogen and oxygen atoms in total. The zero-order valence-electron chi connectivity index (χ0n) is 11.5. The molecule has 1 heterocycles. The number of nitrogens with one attached hydrogen (secondary N) is 1. The van der Waals surface area contributed by atoms with E-state index in [2.05, 4.69) is 24.1 Å². The first-order chi connectivity index (χ1) is 8.25. The van der Waals surface area contributed by atoms with Crippen LogP contribution in [0.2, 0.25) is 0 Å². The van der Waals surface area contributed by atoms with Gasteiger partial charge in [0.15, 0.2) is 0 Å². The second-order valence-corrected chi connectivity index (χ2v) is 5.87. The summed E-state index contributed by atoms with van der Waals surface area (Å²) in [7, 11) is 0. The molecule has 2 aliphatic rings. The minimum atomic E-state index is 0.687. The van der Waals surface area contributed by atoms with E-state index in [4.69, 9.17) is 4.74 Å². The first kappa shape index (κ1) is 13.3. The van der Waals surface area contributed by atoms with Gasteiger partial charge in [0.1, 0.15) is 0 Å². The molecule has 2 rings (SSSR count). The Morgan fingerprint density at radius 1 is 1.18 bits per heavy atom. The fraction of sp³-hybridized carbons (Fsp3) is 1.00. The molecule has 2 fully saturated rings. The average Bonchev–Trinajstić information content (AvgIpc) is 3.13. The lowest BCUT2D eigenvalue weighted by atomic mass is 10.1. The predicted octanol–water partition coefficient (Wildman–Crippen LogP) is 1.88. The van der Waals surface area contributed by atoms with Crippen molar-refractivity contribution in [3.05, 3.63) is 0 Å². The van der Waals surface area contributed by atoms with Crippen LogP contribution in [0.5, 0.6) is 0 Å². The van der Waals surface area contributed by atoms with Gasteiger partial charge in [-0.15, -0.1) is 0 Å². The van der Waals surface area contributed by atoms with Gasteiger partial charge in [-0.1, -0.05) is 0 Å². The summed E-state index contributed by atoms with van der Waals surface area (Å²) < 4.78 is 5.38. The lowest BCUT2D eigenvalue weighted by Gasteiger charge is -2.29. The van der Waals surface area contributed by atoms with Gasteiger partial charge in [0.25, 0.3) is 0 Å². The molecule has 1 aliphatic heterocycles. The highest BCUT2D eigenvalue weighted by molar-refractivity contribution is 4.79. The predicted molar refractivity (Wildman–Crippen MR) is 71.3 cm³/mol. The molecule has 1 saturated carbocycles. The molecule has 100 valence electrons. The Bertz CT molecular complexity index is 210. The maximum atomic E-state index is 5.38. The van der Waals surface area contributed by atoms with Gasteiger partial charge in [0, 0.05) is 44.9 Å². The van der Waals surface area contributed by atoms with Crippen molar-refractivity contribution >= 4 is 0 Å². The van der Waals surface area contributed by atoms with Crippen molar-refractivity contribution in [1.29, 1.82) is 0 Å². The normalized spacial score (nSPS) is 22.6. The maximum Gasteiger partial charge on any atom is 0.0480 e. The van der Waals surface area contributed by atoms with Gasteiger partial charge in [0.2, 0.25) is 0 Å². The second-order valence-electron chi connectivity index (χ2n) is 5.87. The molecule has 1 aliphatic carbocycles. The van der Waals surface area contributed by atoms with Crippen molar-refractivity contribution in [2.24, 2.45) is 5.92 Å². The van der Waals surface area contributed by atoms with Gasteiger partial charge in [0.05, 0.1) is 0 Å². The van der Waals surface area contributed by atoms with Crippen molar-refractivity contribution in [3.63, 3.8) is 0 Å². The number of hydrogen-bond acceptors (Lipinski definition) is 3. The maximum absolute atomic E-state index is 5.38. The number of ether oxygens (including phenoxy) is 1. The third-order valence-corrected chi connectivity index (χ3v) is 3.97. The zero-order valence-corrected chi connectivity index (χ0v) is 11.5. The van der Waals surface area contributed by atoms with E-state index in [-0.39, 0.29) is 0 Å². The van der Waals surface area contributed by atoms with Crippen molar-refractivity contribution in [2.75, 3.05) is 32.8 Å². The molecule has 0 aromatic heterocycles. The van der Waals surface area contributed by atoms with E-state index in [9.17, 15) is 0 Å². The Kier molecular flexibility index (Phi) is 5.26. The number of rotatable bonds is 7. The zero-order chi connectivity index (χ0) is 12.1. The van der Waals surface area contributed by atoms with Gasteiger partial charge in [-0.3, -0.25) is 4.90 Å². The van der Waals surface area contributed by atoms with Crippen molar-refractivity contribution in [2.45, 2.75) is 51.6 Å². The minimum absolute atomic E-state index is 0.687. The van der Waals surface area contributed by atoms with E-state index in [0.29, 0.717) is 12.1 Å². The highest BCUT2D eigenvalue weighted by atomic mass is 16.5. The summed E-state index contributed by atoms with van der Waals surface area (Å²) in [4.78, 5) is 2.63. The largest absolute Gasteiger partial charge is 0.381 e. The topological polar surface area (TPSA) is 24.5 Å². The first-order valence-electron chi connectivity index (χ1n) is 7.31. The molecule has 0 bridgehead atoms. The summed E-state index contributed by atoms with van der Waals surface area (Å²) >= 11 is 0. The van der Waals surface area contributed by atoms with Crippen LogP contribution < -0.4 is 5.32 Å². The van der Waals surface area contributed by atoms with Crippen LogP contribution in [0.4, 0.5) is 0 Å². The van der Waals surface area contributed by atoms with E-state index >= 15 is 0 Å². The van der Waals surface area contributed by atoms with E-state index in [1.165, 1.54) is 38.8 Å². The molecule has 0 aromatic carbocycles. The Morgan fingerprint density at radius 2 is 1.88 bits per heavy atom. The molecule has 0 spiro atoms. The molecule has 0 unspecified atom stereocenters. The Morgan fingerprint density at radius 3 is 2.47 bits per heavy atom. The summed E-state index contributed by atoms with van der Waals surface area (Å²) in [5.74, 6) is 1.00. The first-order valence-corrected chi connectivity index (χ1v) is 7.31. The van der Waals surface area contributed by atoms with E-state index in [1.54, 1.807) is 0 Å². The van der Waals surface area contributed by atoms with Gasteiger partial charge in [-0.05, 0) is 45.4 Å². The van der Waals surface area contributed by atoms with Crippen LogP contribution in [-0.2, 0) is 4.74 Å². The van der Waals surface area contributed by atoms with Crippen LogP contribution in [0.15, 0.2) is 0 Å². The van der Waals surface area contributed by atoms with Crippen LogP contribution in [0.1, 0.15) is 39.5 Å². The van der Waals surface area contributed by atoms with Gasteiger partial charge in [-0.25, -0.2) is 0 Å². The SMILES string of the molecule is CC(C)N(CCNC1CCOCC1)CC1CC1. The number of hydrogen-bond donors (Lipinski definition) is 1. The summed E-state index contributed by atoms with van der Waals surface area (Å²) in [5, 5.41) is 3.68. The third kappa shape index (κ3) is 4.94. The lowest BCUT2D eigenvalue weighted by Crippen LogP contribution is -2.42. The van der Waals surface area contributed by atoms with Crippen LogP contribution >= 0.6 is 0 Å². The highest BCUT2D eigenvalue weighted by Gasteiger charge is 2.25. The average molecular weight is 240 g/mol. The number of nitrogens with zero attached hydrogens (tertiary/aromatic N) is 1. The lowest BCUT2D eigenvalue weighted by molar-refractivity contribution is 0.0767. The molecule has 0 atom stereocenters. The quantitative estimate of drug-likeness (QED) is 0.735. The van der Waals surface area contributed by atoms with Crippen molar-refractivity contribution < 1.29 is 4.74 Å². The molecular formula is C14H28N2O. The van der Waals surface area contributed by atoms with Crippen LogP contribution in [0.25, 0.3) is 0 Å². The van der Waals surface area contributed by atoms with Crippen molar-refractivity contribution in [3.8, 4) is 0 Å². The fourth-order valence-electron chi connectivity index (χ4n) is 2.51. The summed E-state index contributed by atoms with van der Waals surface area (Å²) in [6, 6.07) is 1.38. The summed E-state index contributed by atoms with van der Waals surface area (Å²) in [6.45, 7) is 10.2. The van der Waals surface area contributed by atoms with Crippen LogP contribution in [0.3, 0.4) is 0 Å². The summed E-state index contributed by atoms with van der Waals surface area (Å²) in [5.41, 5.74) is 0. The molecule has 17 heavy (non-hydrogen) atoms. The van der Waals surface area contributed by atoms with Gasteiger partial charge >= 0.3 is 0 Å². The third-order valence-electron chi connectivity index (χ3n) is 3.97. The molecule has 0 aromatic rings. The van der Waals surface area contributed by atoms with E-state index < -0.39 is 0 Å². The Labute approximate surface area is 106 Å². The van der Waals surface area contributed by atoms with E-state index in [1.807, 2.05) is 0 Å². The van der Waals surface area contributed by atoms with E-state index in [0.717, 1.165) is 25.7 Å². The molecule has 3 heteroatoms. The van der Waals surface area contributed by atoms with Crippen molar-refractivity contribution in [1.82, 2.24) is 10.2 Å². The Balaban J connectivity index is 1.60. The van der Waals surface area contributed by atoms with Gasteiger partial charge in [-0.2, -0.15) is 0 Å².